The van der Waals surface area contributed by atoms with Gasteiger partial charge in [0.05, 0.1) is 5.69 Å². The zero-order chi connectivity index (χ0) is 11.6. The number of likely N-dealkylation sites (N-methyl/N-ethyl adjacent to an activating group) is 1. The number of nitrogens with zero attached hydrogens (tertiary/aromatic N) is 3. The molecule has 1 rings (SSSR count). The van der Waals surface area contributed by atoms with Gasteiger partial charge in [-0.05, 0) is 20.8 Å². The molecular weight excluding hydrogens is 195 g/mol. The van der Waals surface area contributed by atoms with Crippen LogP contribution in [0.1, 0.15) is 19.5 Å². The third-order valence-corrected chi connectivity index (χ3v) is 2.67. The van der Waals surface area contributed by atoms with Gasteiger partial charge in [-0.3, -0.25) is 0 Å². The van der Waals surface area contributed by atoms with Gasteiger partial charge in [0.25, 0.3) is 0 Å². The lowest BCUT2D eigenvalue weighted by molar-refractivity contribution is 0.480. The van der Waals surface area contributed by atoms with E-state index in [-0.39, 0.29) is 17.2 Å². The van der Waals surface area contributed by atoms with Crippen LogP contribution in [0.2, 0.25) is 0 Å². The maximum Gasteiger partial charge on any atom is 0.186 e. The highest BCUT2D eigenvalue weighted by Gasteiger charge is 2.25. The lowest BCUT2D eigenvalue weighted by atomic mass is 10.0. The Kier molecular flexibility index (Phi) is 3.24. The van der Waals surface area contributed by atoms with E-state index in [1.165, 1.54) is 6.33 Å². The summed E-state index contributed by atoms with van der Waals surface area (Å²) in [6, 6.07) is 0. The van der Waals surface area contributed by atoms with Gasteiger partial charge in [0.2, 0.25) is 0 Å². The maximum absolute atomic E-state index is 13.7. The van der Waals surface area contributed by atoms with Gasteiger partial charge >= 0.3 is 0 Å². The van der Waals surface area contributed by atoms with E-state index in [1.54, 1.807) is 18.9 Å². The van der Waals surface area contributed by atoms with Gasteiger partial charge in [-0.1, -0.05) is 0 Å². The highest BCUT2D eigenvalue weighted by molar-refractivity contribution is 5.42. The van der Waals surface area contributed by atoms with Crippen molar-refractivity contribution in [3.8, 4) is 0 Å². The van der Waals surface area contributed by atoms with Crippen molar-refractivity contribution in [3.63, 3.8) is 0 Å². The first-order valence-corrected chi connectivity index (χ1v) is 4.81. The average molecular weight is 212 g/mol. The van der Waals surface area contributed by atoms with Crippen LogP contribution in [0.4, 0.5) is 10.2 Å². The van der Waals surface area contributed by atoms with E-state index in [0.717, 1.165) is 0 Å². The van der Waals surface area contributed by atoms with Gasteiger partial charge in [0.1, 0.15) is 6.33 Å². The van der Waals surface area contributed by atoms with Crippen molar-refractivity contribution >= 4 is 5.82 Å². The van der Waals surface area contributed by atoms with E-state index in [4.69, 9.17) is 5.73 Å². The molecule has 1 aromatic heterocycles. The van der Waals surface area contributed by atoms with Crippen molar-refractivity contribution in [2.45, 2.75) is 26.3 Å². The van der Waals surface area contributed by atoms with Gasteiger partial charge in [-0.2, -0.15) is 0 Å². The van der Waals surface area contributed by atoms with Crippen LogP contribution in [-0.2, 0) is 0 Å². The van der Waals surface area contributed by atoms with Crippen LogP contribution in [0.25, 0.3) is 0 Å². The van der Waals surface area contributed by atoms with Crippen molar-refractivity contribution in [1.29, 1.82) is 0 Å². The van der Waals surface area contributed by atoms with Crippen LogP contribution in [0, 0.1) is 12.7 Å². The van der Waals surface area contributed by atoms with Crippen molar-refractivity contribution in [1.82, 2.24) is 9.97 Å². The molecule has 0 aliphatic carbocycles. The van der Waals surface area contributed by atoms with Gasteiger partial charge in [0, 0.05) is 19.1 Å². The van der Waals surface area contributed by atoms with Crippen molar-refractivity contribution in [2.24, 2.45) is 5.73 Å². The first kappa shape index (κ1) is 11.8. The molecule has 0 saturated heterocycles. The third kappa shape index (κ3) is 2.23. The zero-order valence-electron chi connectivity index (χ0n) is 9.58. The molecule has 5 heteroatoms. The Morgan fingerprint density at radius 2 is 2.07 bits per heavy atom. The topological polar surface area (TPSA) is 55.0 Å². The molecule has 0 radical (unpaired) electrons. The molecule has 15 heavy (non-hydrogen) atoms. The molecular formula is C10H17FN4. The molecule has 0 aliphatic rings. The Hall–Kier alpha value is -1.23. The lowest BCUT2D eigenvalue weighted by Crippen LogP contribution is -2.48. The minimum Gasteiger partial charge on any atom is -0.351 e. The maximum atomic E-state index is 13.7. The Balaban J connectivity index is 3.12. The fourth-order valence-electron chi connectivity index (χ4n) is 1.10. The Morgan fingerprint density at radius 3 is 2.60 bits per heavy atom. The summed E-state index contributed by atoms with van der Waals surface area (Å²) in [4.78, 5) is 9.46. The predicted molar refractivity (Wildman–Crippen MR) is 58.3 cm³/mol. The molecule has 0 spiro atoms. The minimum atomic E-state index is -0.387. The second-order valence-electron chi connectivity index (χ2n) is 4.17. The number of anilines is 1. The summed E-state index contributed by atoms with van der Waals surface area (Å²) in [6.45, 7) is 5.91. The first-order valence-electron chi connectivity index (χ1n) is 4.81. The van der Waals surface area contributed by atoms with Crippen LogP contribution in [-0.4, -0.2) is 29.1 Å². The Labute approximate surface area is 89.3 Å². The van der Waals surface area contributed by atoms with E-state index in [1.807, 2.05) is 13.8 Å². The SMILES string of the molecule is Cc1ncnc(N(C)C(C)(C)CN)c1F. The van der Waals surface area contributed by atoms with Gasteiger partial charge in [-0.15, -0.1) is 0 Å². The summed E-state index contributed by atoms with van der Waals surface area (Å²) >= 11 is 0. The third-order valence-electron chi connectivity index (χ3n) is 2.67. The second-order valence-corrected chi connectivity index (χ2v) is 4.17. The standard InChI is InChI=1S/C10H17FN4/c1-7-8(11)9(14-6-13-7)15(4)10(2,3)5-12/h6H,5,12H2,1-4H3. The van der Waals surface area contributed by atoms with Crippen molar-refractivity contribution < 1.29 is 4.39 Å². The number of halogens is 1. The monoisotopic (exact) mass is 212 g/mol. The number of aromatic nitrogens is 2. The van der Waals surface area contributed by atoms with Gasteiger partial charge < -0.3 is 10.6 Å². The summed E-state index contributed by atoms with van der Waals surface area (Å²) in [5.41, 5.74) is 5.64. The molecule has 0 fully saturated rings. The minimum absolute atomic E-state index is 0.290. The molecule has 4 nitrogen and oxygen atoms in total. The highest BCUT2D eigenvalue weighted by atomic mass is 19.1. The molecule has 0 unspecified atom stereocenters. The largest absolute Gasteiger partial charge is 0.351 e. The van der Waals surface area contributed by atoms with Crippen LogP contribution >= 0.6 is 0 Å². The van der Waals surface area contributed by atoms with E-state index in [2.05, 4.69) is 9.97 Å². The number of hydrogen-bond donors (Lipinski definition) is 1. The van der Waals surface area contributed by atoms with Crippen LogP contribution in [0.3, 0.4) is 0 Å². The van der Waals surface area contributed by atoms with Crippen LogP contribution < -0.4 is 10.6 Å². The van der Waals surface area contributed by atoms with Crippen LogP contribution in [0.5, 0.6) is 0 Å². The smallest absolute Gasteiger partial charge is 0.186 e. The van der Waals surface area contributed by atoms with Crippen molar-refractivity contribution in [3.05, 3.63) is 17.8 Å². The Morgan fingerprint density at radius 1 is 1.47 bits per heavy atom. The summed E-state index contributed by atoms with van der Waals surface area (Å²) in [6.07, 6.45) is 1.36. The molecule has 0 atom stereocenters. The number of aryl methyl sites for hydroxylation is 1. The molecule has 0 bridgehead atoms. The first-order chi connectivity index (χ1) is 6.90. The predicted octanol–water partition coefficient (Wildman–Crippen LogP) is 1.10. The fraction of sp³-hybridized carbons (Fsp3) is 0.600. The molecule has 0 saturated carbocycles. The van der Waals surface area contributed by atoms with E-state index < -0.39 is 0 Å². The second kappa shape index (κ2) is 4.10. The fourth-order valence-corrected chi connectivity index (χ4v) is 1.10. The number of hydrogen-bond acceptors (Lipinski definition) is 4. The zero-order valence-corrected chi connectivity index (χ0v) is 9.58. The summed E-state index contributed by atoms with van der Waals surface area (Å²) < 4.78 is 13.7. The quantitative estimate of drug-likeness (QED) is 0.815. The molecule has 0 aliphatic heterocycles. The van der Waals surface area contributed by atoms with E-state index in [9.17, 15) is 4.39 Å². The lowest BCUT2D eigenvalue weighted by Gasteiger charge is -2.35. The molecule has 1 heterocycles. The summed E-state index contributed by atoms with van der Waals surface area (Å²) in [5, 5.41) is 0. The van der Waals surface area contributed by atoms with E-state index >= 15 is 0 Å². The van der Waals surface area contributed by atoms with Crippen LogP contribution in [0.15, 0.2) is 6.33 Å². The molecule has 0 aromatic carbocycles. The van der Waals surface area contributed by atoms with Gasteiger partial charge in [-0.25, -0.2) is 14.4 Å². The van der Waals surface area contributed by atoms with Crippen molar-refractivity contribution in [2.75, 3.05) is 18.5 Å². The Bertz CT molecular complexity index is 351. The molecule has 84 valence electrons. The summed E-state index contributed by atoms with van der Waals surface area (Å²) in [5.74, 6) is -0.0977. The van der Waals surface area contributed by atoms with E-state index in [0.29, 0.717) is 12.2 Å². The number of nitrogens with two attached hydrogens (primary N) is 1. The molecule has 2 N–H and O–H groups in total. The number of rotatable bonds is 3. The molecule has 1 aromatic rings. The average Bonchev–Trinajstić information content (AvgIpc) is 2.21. The summed E-state index contributed by atoms with van der Waals surface area (Å²) in [7, 11) is 1.78. The normalized spacial score (nSPS) is 11.6. The highest BCUT2D eigenvalue weighted by Crippen LogP contribution is 2.22. The van der Waals surface area contributed by atoms with Gasteiger partial charge in [0.15, 0.2) is 11.6 Å². The molecule has 0 amide bonds.